The number of pyridine rings is 2. The van der Waals surface area contributed by atoms with Crippen LogP contribution < -0.4 is 10.6 Å². The van der Waals surface area contributed by atoms with E-state index in [1.807, 2.05) is 31.8 Å². The zero-order valence-corrected chi connectivity index (χ0v) is 17.9. The van der Waals surface area contributed by atoms with Gasteiger partial charge in [0.15, 0.2) is 0 Å². The smallest absolute Gasteiger partial charge is 0.129 e. The van der Waals surface area contributed by atoms with E-state index in [-0.39, 0.29) is 0 Å². The van der Waals surface area contributed by atoms with Crippen molar-refractivity contribution >= 4 is 11.3 Å². The molecule has 4 aromatic rings. The molecule has 6 rings (SSSR count). The Bertz CT molecular complexity index is 1330. The van der Waals surface area contributed by atoms with Gasteiger partial charge in [0.25, 0.3) is 0 Å². The Morgan fingerprint density at radius 1 is 1.00 bits per heavy atom. The number of anilines is 1. The van der Waals surface area contributed by atoms with Crippen LogP contribution in [0.1, 0.15) is 31.2 Å². The second kappa shape index (κ2) is 7.18. The Balaban J connectivity index is 1.43. The molecule has 32 heavy (non-hydrogen) atoms. The molecule has 0 saturated carbocycles. The molecule has 2 aliphatic heterocycles. The van der Waals surface area contributed by atoms with Gasteiger partial charge in [0.05, 0.1) is 23.5 Å². The number of fused-ring (bicyclic) bond motifs is 3. The predicted octanol–water partition coefficient (Wildman–Crippen LogP) is 3.13. The van der Waals surface area contributed by atoms with E-state index in [4.69, 9.17) is 10.7 Å². The van der Waals surface area contributed by atoms with Crippen molar-refractivity contribution in [3.63, 3.8) is 0 Å². The normalized spacial score (nSPS) is 22.4. The number of aryl methyl sites for hydroxylation is 1. The third kappa shape index (κ3) is 2.97. The number of hydrogen-bond donors (Lipinski definition) is 1. The molecule has 0 amide bonds. The van der Waals surface area contributed by atoms with Gasteiger partial charge in [-0.3, -0.25) is 4.68 Å². The molecular formula is C24H24N8. The zero-order valence-electron chi connectivity index (χ0n) is 17.9. The van der Waals surface area contributed by atoms with Gasteiger partial charge >= 0.3 is 0 Å². The molecule has 6 heterocycles. The number of piperidine rings is 1. The third-order valence-corrected chi connectivity index (χ3v) is 6.86. The maximum atomic E-state index is 9.64. The van der Waals surface area contributed by atoms with Gasteiger partial charge in [0.2, 0.25) is 0 Å². The predicted molar refractivity (Wildman–Crippen MR) is 122 cm³/mol. The lowest BCUT2D eigenvalue weighted by atomic mass is 9.98. The molecule has 4 aromatic heterocycles. The first kappa shape index (κ1) is 19.0. The fourth-order valence-corrected chi connectivity index (χ4v) is 5.44. The lowest BCUT2D eigenvalue weighted by Gasteiger charge is -2.38. The fourth-order valence-electron chi connectivity index (χ4n) is 5.44. The maximum Gasteiger partial charge on any atom is 0.129 e. The van der Waals surface area contributed by atoms with Crippen molar-refractivity contribution in [2.75, 3.05) is 4.90 Å². The lowest BCUT2D eigenvalue weighted by Crippen LogP contribution is -2.47. The SMILES string of the molecule is Cn1cc(-c2cc(-c3ccc(N4C5CC[C@@H]4C[C@@H](N)C5)nc3)c3c(C#N)cnn3c2)cn1. The van der Waals surface area contributed by atoms with Gasteiger partial charge in [-0.15, -0.1) is 0 Å². The summed E-state index contributed by atoms with van der Waals surface area (Å²) in [5.41, 5.74) is 11.5. The monoisotopic (exact) mass is 424 g/mol. The number of rotatable bonds is 3. The molecule has 0 radical (unpaired) electrons. The Morgan fingerprint density at radius 2 is 1.81 bits per heavy atom. The summed E-state index contributed by atoms with van der Waals surface area (Å²) in [5, 5.41) is 18.4. The molecule has 8 heteroatoms. The van der Waals surface area contributed by atoms with Gasteiger partial charge in [-0.05, 0) is 43.9 Å². The average molecular weight is 425 g/mol. The summed E-state index contributed by atoms with van der Waals surface area (Å²) in [4.78, 5) is 7.32. The first-order chi connectivity index (χ1) is 15.6. The van der Waals surface area contributed by atoms with Crippen LogP contribution in [-0.2, 0) is 7.05 Å². The van der Waals surface area contributed by atoms with E-state index >= 15 is 0 Å². The highest BCUT2D eigenvalue weighted by atomic mass is 15.3. The van der Waals surface area contributed by atoms with Crippen LogP contribution in [0.2, 0.25) is 0 Å². The summed E-state index contributed by atoms with van der Waals surface area (Å²) in [6.45, 7) is 0. The van der Waals surface area contributed by atoms with Crippen molar-refractivity contribution in [2.24, 2.45) is 12.8 Å². The Kier molecular flexibility index (Phi) is 4.26. The number of nitrogens with zero attached hydrogens (tertiary/aromatic N) is 7. The summed E-state index contributed by atoms with van der Waals surface area (Å²) in [5.74, 6) is 1.02. The minimum Gasteiger partial charge on any atom is -0.351 e. The molecule has 0 spiro atoms. The third-order valence-electron chi connectivity index (χ3n) is 6.86. The van der Waals surface area contributed by atoms with E-state index in [9.17, 15) is 5.26 Å². The minimum atomic E-state index is 0.304. The summed E-state index contributed by atoms with van der Waals surface area (Å²) in [6, 6.07) is 9.85. The molecule has 2 aliphatic rings. The molecule has 160 valence electrons. The zero-order chi connectivity index (χ0) is 21.8. The second-order valence-electron chi connectivity index (χ2n) is 8.94. The number of hydrogen-bond acceptors (Lipinski definition) is 6. The topological polar surface area (TPSA) is 101 Å². The van der Waals surface area contributed by atoms with Crippen LogP contribution in [0.5, 0.6) is 0 Å². The molecule has 2 saturated heterocycles. The van der Waals surface area contributed by atoms with Crippen LogP contribution in [0.3, 0.4) is 0 Å². The number of nitriles is 1. The first-order valence-electron chi connectivity index (χ1n) is 11.0. The molecule has 3 atom stereocenters. The highest BCUT2D eigenvalue weighted by molar-refractivity contribution is 5.87. The van der Waals surface area contributed by atoms with Crippen molar-refractivity contribution in [3.05, 3.63) is 54.7 Å². The quantitative estimate of drug-likeness (QED) is 0.542. The fraction of sp³-hybridized carbons (Fsp3) is 0.333. The lowest BCUT2D eigenvalue weighted by molar-refractivity contribution is 0.412. The molecule has 2 fully saturated rings. The van der Waals surface area contributed by atoms with Crippen LogP contribution in [0.25, 0.3) is 27.8 Å². The Morgan fingerprint density at radius 3 is 2.47 bits per heavy atom. The van der Waals surface area contributed by atoms with E-state index < -0.39 is 0 Å². The maximum absolute atomic E-state index is 9.64. The number of aromatic nitrogens is 5. The van der Waals surface area contributed by atoms with Crippen LogP contribution in [-0.4, -0.2) is 42.5 Å². The van der Waals surface area contributed by atoms with Gasteiger partial charge in [0.1, 0.15) is 11.9 Å². The summed E-state index contributed by atoms with van der Waals surface area (Å²) >= 11 is 0. The van der Waals surface area contributed by atoms with Crippen LogP contribution in [0.4, 0.5) is 5.82 Å². The van der Waals surface area contributed by atoms with E-state index in [1.165, 1.54) is 12.8 Å². The van der Waals surface area contributed by atoms with Gasteiger partial charge in [-0.2, -0.15) is 15.5 Å². The molecule has 1 unspecified atom stereocenters. The van der Waals surface area contributed by atoms with Crippen LogP contribution in [0.15, 0.2) is 49.2 Å². The summed E-state index contributed by atoms with van der Waals surface area (Å²) in [7, 11) is 1.90. The highest BCUT2D eigenvalue weighted by Crippen LogP contribution is 2.39. The molecule has 2 bridgehead atoms. The van der Waals surface area contributed by atoms with Crippen molar-refractivity contribution in [3.8, 4) is 28.3 Å². The molecule has 2 N–H and O–H groups in total. The number of nitrogens with two attached hydrogens (primary N) is 1. The summed E-state index contributed by atoms with van der Waals surface area (Å²) < 4.78 is 3.55. The minimum absolute atomic E-state index is 0.304. The van der Waals surface area contributed by atoms with Crippen molar-refractivity contribution in [2.45, 2.75) is 43.8 Å². The van der Waals surface area contributed by atoms with E-state index in [1.54, 1.807) is 15.4 Å². The van der Waals surface area contributed by atoms with Gasteiger partial charge in [-0.25, -0.2) is 9.50 Å². The second-order valence-corrected chi connectivity index (χ2v) is 8.94. The average Bonchev–Trinajstić information content (AvgIpc) is 3.49. The van der Waals surface area contributed by atoms with E-state index in [0.29, 0.717) is 23.7 Å². The van der Waals surface area contributed by atoms with Gasteiger partial charge in [0, 0.05) is 66.0 Å². The van der Waals surface area contributed by atoms with Crippen LogP contribution in [0, 0.1) is 11.3 Å². The first-order valence-corrected chi connectivity index (χ1v) is 11.0. The Hall–Kier alpha value is -3.70. The van der Waals surface area contributed by atoms with Gasteiger partial charge < -0.3 is 10.6 Å². The molecular weight excluding hydrogens is 400 g/mol. The van der Waals surface area contributed by atoms with Gasteiger partial charge in [-0.1, -0.05) is 0 Å². The molecule has 0 aliphatic carbocycles. The highest BCUT2D eigenvalue weighted by Gasteiger charge is 2.40. The summed E-state index contributed by atoms with van der Waals surface area (Å²) in [6.07, 6.45) is 13.7. The molecule has 0 aromatic carbocycles. The van der Waals surface area contributed by atoms with E-state index in [0.717, 1.165) is 46.4 Å². The van der Waals surface area contributed by atoms with E-state index in [2.05, 4.69) is 39.4 Å². The largest absolute Gasteiger partial charge is 0.351 e. The Labute approximate surface area is 185 Å². The van der Waals surface area contributed by atoms with Crippen molar-refractivity contribution < 1.29 is 0 Å². The molecule has 8 nitrogen and oxygen atoms in total. The van der Waals surface area contributed by atoms with Crippen LogP contribution >= 0.6 is 0 Å². The van der Waals surface area contributed by atoms with Crippen molar-refractivity contribution in [1.29, 1.82) is 5.26 Å². The van der Waals surface area contributed by atoms with Crippen molar-refractivity contribution in [1.82, 2.24) is 24.4 Å². The standard InChI is InChI=1S/C24H24N8/c1-30-13-18(12-28-30)16-6-22(24-17(9-25)11-29-31(24)14-16)15-2-5-23(27-10-15)32-20-3-4-21(32)8-19(26)7-20/h2,5-6,10-14,19-21H,3-4,7-8,26H2,1H3/t19-,20-,21?/m1/s1.